The van der Waals surface area contributed by atoms with Gasteiger partial charge in [0.15, 0.2) is 0 Å². The molecule has 23 heavy (non-hydrogen) atoms. The van der Waals surface area contributed by atoms with Crippen LogP contribution in [0.15, 0.2) is 40.6 Å². The van der Waals surface area contributed by atoms with Crippen LogP contribution in [0.1, 0.15) is 16.0 Å². The topological polar surface area (TPSA) is 40.6 Å². The summed E-state index contributed by atoms with van der Waals surface area (Å²) in [5.74, 6) is 0. The Kier molecular flexibility index (Phi) is 4.60. The van der Waals surface area contributed by atoms with Crippen molar-refractivity contribution in [2.75, 3.05) is 20.6 Å². The van der Waals surface area contributed by atoms with Crippen molar-refractivity contribution in [3.63, 3.8) is 0 Å². The van der Waals surface area contributed by atoms with Gasteiger partial charge in [-0.2, -0.15) is 4.31 Å². The third-order valence-corrected chi connectivity index (χ3v) is 7.76. The molecular formula is C17H22N2O2S2. The first-order valence-corrected chi connectivity index (χ1v) is 9.93. The molecule has 0 saturated heterocycles. The van der Waals surface area contributed by atoms with Crippen LogP contribution in [0, 0.1) is 6.92 Å². The third kappa shape index (κ3) is 3.35. The molecule has 0 radical (unpaired) electrons. The Bertz CT molecular complexity index is 798. The fourth-order valence-corrected chi connectivity index (χ4v) is 5.72. The summed E-state index contributed by atoms with van der Waals surface area (Å²) in [7, 11) is 0.352. The van der Waals surface area contributed by atoms with Crippen molar-refractivity contribution < 1.29 is 8.42 Å². The average Bonchev–Trinajstić information content (AvgIpc) is 2.95. The van der Waals surface area contributed by atoms with Crippen molar-refractivity contribution in [2.24, 2.45) is 0 Å². The van der Waals surface area contributed by atoms with Crippen molar-refractivity contribution in [1.29, 1.82) is 0 Å². The Balaban J connectivity index is 1.77. The number of nitrogens with zero attached hydrogens (tertiary/aromatic N) is 2. The monoisotopic (exact) mass is 350 g/mol. The molecule has 1 aromatic carbocycles. The summed E-state index contributed by atoms with van der Waals surface area (Å²) in [5.41, 5.74) is 2.67. The second kappa shape index (κ2) is 6.36. The van der Waals surface area contributed by atoms with Gasteiger partial charge >= 0.3 is 0 Å². The summed E-state index contributed by atoms with van der Waals surface area (Å²) in [6.07, 6.45) is 0.885. The van der Waals surface area contributed by atoms with Gasteiger partial charge < -0.3 is 0 Å². The van der Waals surface area contributed by atoms with Crippen LogP contribution in [0.4, 0.5) is 0 Å². The highest BCUT2D eigenvalue weighted by Crippen LogP contribution is 2.26. The van der Waals surface area contributed by atoms with E-state index >= 15 is 0 Å². The Morgan fingerprint density at radius 2 is 1.91 bits per heavy atom. The van der Waals surface area contributed by atoms with E-state index in [0.29, 0.717) is 10.8 Å². The number of hydrogen-bond donors (Lipinski definition) is 0. The predicted octanol–water partition coefficient (Wildman–Crippen LogP) is 2.73. The maximum absolute atomic E-state index is 12.7. The number of likely N-dealkylation sites (N-methyl/N-ethyl adjacent to an activating group) is 2. The second-order valence-corrected chi connectivity index (χ2v) is 9.75. The maximum Gasteiger partial charge on any atom is 0.252 e. The maximum atomic E-state index is 12.7. The lowest BCUT2D eigenvalue weighted by Crippen LogP contribution is -2.46. The van der Waals surface area contributed by atoms with Crippen LogP contribution >= 0.6 is 11.3 Å². The Morgan fingerprint density at radius 3 is 2.57 bits per heavy atom. The van der Waals surface area contributed by atoms with Crippen molar-refractivity contribution in [2.45, 2.75) is 30.1 Å². The molecule has 1 aliphatic heterocycles. The van der Waals surface area contributed by atoms with Crippen molar-refractivity contribution >= 4 is 21.4 Å². The van der Waals surface area contributed by atoms with E-state index < -0.39 is 10.0 Å². The second-order valence-electron chi connectivity index (χ2n) is 6.19. The van der Waals surface area contributed by atoms with Crippen molar-refractivity contribution in [3.05, 3.63) is 52.4 Å². The lowest BCUT2D eigenvalue weighted by Gasteiger charge is -2.36. The fourth-order valence-electron chi connectivity index (χ4n) is 3.02. The van der Waals surface area contributed by atoms with E-state index in [1.807, 2.05) is 13.0 Å². The quantitative estimate of drug-likeness (QED) is 0.851. The van der Waals surface area contributed by atoms with Gasteiger partial charge in [0.25, 0.3) is 10.0 Å². The fraction of sp³-hybridized carbons (Fsp3) is 0.412. The van der Waals surface area contributed by atoms with E-state index in [1.165, 1.54) is 26.8 Å². The first-order valence-electron chi connectivity index (χ1n) is 7.67. The molecule has 6 heteroatoms. The zero-order chi connectivity index (χ0) is 16.6. The molecule has 1 aromatic heterocycles. The van der Waals surface area contributed by atoms with E-state index in [4.69, 9.17) is 0 Å². The van der Waals surface area contributed by atoms with Gasteiger partial charge in [-0.25, -0.2) is 8.42 Å². The standard InChI is InChI=1S/C17H22N2O2S2/c1-13-8-9-17(22-13)23(20,21)19(3)12-16-10-14-6-4-5-7-15(14)11-18(16)2/h4-9,16H,10-12H2,1-3H3. The smallest absolute Gasteiger partial charge is 0.252 e. The molecule has 0 N–H and O–H groups in total. The molecule has 0 amide bonds. The molecule has 2 aromatic rings. The molecule has 0 spiro atoms. The summed E-state index contributed by atoms with van der Waals surface area (Å²) in [6, 6.07) is 12.2. The average molecular weight is 351 g/mol. The minimum absolute atomic E-state index is 0.200. The highest BCUT2D eigenvalue weighted by Gasteiger charge is 2.29. The molecule has 0 fully saturated rings. The molecule has 0 bridgehead atoms. The van der Waals surface area contributed by atoms with Gasteiger partial charge in [-0.15, -0.1) is 11.3 Å². The number of rotatable bonds is 4. The lowest BCUT2D eigenvalue weighted by molar-refractivity contribution is 0.191. The number of benzene rings is 1. The van der Waals surface area contributed by atoms with Crippen LogP contribution in [0.25, 0.3) is 0 Å². The van der Waals surface area contributed by atoms with Crippen molar-refractivity contribution in [1.82, 2.24) is 9.21 Å². The van der Waals surface area contributed by atoms with Crippen LogP contribution in [0.5, 0.6) is 0 Å². The largest absolute Gasteiger partial charge is 0.298 e. The van der Waals surface area contributed by atoms with Gasteiger partial charge in [0, 0.05) is 31.1 Å². The summed E-state index contributed by atoms with van der Waals surface area (Å²) in [4.78, 5) is 3.26. The molecule has 4 nitrogen and oxygen atoms in total. The number of fused-ring (bicyclic) bond motifs is 1. The molecule has 3 rings (SSSR count). The van der Waals surface area contributed by atoms with Gasteiger partial charge in [0.05, 0.1) is 0 Å². The van der Waals surface area contributed by atoms with Crippen LogP contribution in [-0.4, -0.2) is 44.3 Å². The summed E-state index contributed by atoms with van der Waals surface area (Å²) < 4.78 is 27.3. The van der Waals surface area contributed by atoms with E-state index in [-0.39, 0.29) is 6.04 Å². The lowest BCUT2D eigenvalue weighted by atomic mass is 9.94. The highest BCUT2D eigenvalue weighted by molar-refractivity contribution is 7.91. The van der Waals surface area contributed by atoms with Gasteiger partial charge in [-0.05, 0) is 43.7 Å². The Morgan fingerprint density at radius 1 is 1.22 bits per heavy atom. The number of aryl methyl sites for hydroxylation is 1. The van der Waals surface area contributed by atoms with Gasteiger partial charge in [0.1, 0.15) is 4.21 Å². The molecule has 1 unspecified atom stereocenters. The molecule has 1 aliphatic rings. The third-order valence-electron chi connectivity index (χ3n) is 4.47. The number of thiophene rings is 1. The van der Waals surface area contributed by atoms with E-state index in [2.05, 4.69) is 36.2 Å². The summed E-state index contributed by atoms with van der Waals surface area (Å²) >= 11 is 1.33. The minimum atomic E-state index is -3.39. The first kappa shape index (κ1) is 16.6. The highest BCUT2D eigenvalue weighted by atomic mass is 32.2. The zero-order valence-electron chi connectivity index (χ0n) is 13.7. The summed E-state index contributed by atoms with van der Waals surface area (Å²) in [6.45, 7) is 3.30. The van der Waals surface area contributed by atoms with Gasteiger partial charge in [0.2, 0.25) is 0 Å². The minimum Gasteiger partial charge on any atom is -0.298 e. The van der Waals surface area contributed by atoms with E-state index in [1.54, 1.807) is 13.1 Å². The predicted molar refractivity (Wildman–Crippen MR) is 94.3 cm³/mol. The molecule has 0 saturated carbocycles. The van der Waals surface area contributed by atoms with Gasteiger partial charge in [-0.1, -0.05) is 24.3 Å². The van der Waals surface area contributed by atoms with Crippen LogP contribution < -0.4 is 0 Å². The van der Waals surface area contributed by atoms with Crippen LogP contribution in [0.3, 0.4) is 0 Å². The molecule has 2 heterocycles. The first-order chi connectivity index (χ1) is 10.9. The van der Waals surface area contributed by atoms with E-state index in [9.17, 15) is 8.42 Å². The molecule has 0 aliphatic carbocycles. The number of hydrogen-bond acceptors (Lipinski definition) is 4. The zero-order valence-corrected chi connectivity index (χ0v) is 15.3. The van der Waals surface area contributed by atoms with Gasteiger partial charge in [-0.3, -0.25) is 4.90 Å². The van der Waals surface area contributed by atoms with Crippen LogP contribution in [-0.2, 0) is 23.0 Å². The van der Waals surface area contributed by atoms with Crippen molar-refractivity contribution in [3.8, 4) is 0 Å². The Labute approximate surface area is 142 Å². The SMILES string of the molecule is Cc1ccc(S(=O)(=O)N(C)CC2Cc3ccccc3CN2C)s1. The number of sulfonamides is 1. The molecule has 1 atom stereocenters. The Hall–Kier alpha value is -1.21. The summed E-state index contributed by atoms with van der Waals surface area (Å²) in [5, 5.41) is 0. The molecular weight excluding hydrogens is 328 g/mol. The molecule has 124 valence electrons. The van der Waals surface area contributed by atoms with Crippen LogP contribution in [0.2, 0.25) is 0 Å². The normalized spacial score (nSPS) is 19.0. The van der Waals surface area contributed by atoms with E-state index in [0.717, 1.165) is 17.8 Å².